The fourth-order valence-electron chi connectivity index (χ4n) is 2.58. The lowest BCUT2D eigenvalue weighted by molar-refractivity contribution is 0.0114. The first-order chi connectivity index (χ1) is 9.28. The molecule has 0 bridgehead atoms. The average molecular weight is 282 g/mol. The zero-order valence-electron chi connectivity index (χ0n) is 11.7. The molecule has 0 amide bonds. The lowest BCUT2D eigenvalue weighted by Gasteiger charge is -2.29. The molecule has 1 aliphatic carbocycles. The Hall–Kier alpha value is -0.570. The van der Waals surface area contributed by atoms with E-state index in [1.165, 1.54) is 37.7 Å². The van der Waals surface area contributed by atoms with Crippen LogP contribution in [-0.2, 0) is 11.3 Å². The fraction of sp³-hybridized carbons (Fsp3) is 0.625. The van der Waals surface area contributed by atoms with Gasteiger partial charge in [0.25, 0.3) is 0 Å². The van der Waals surface area contributed by atoms with Gasteiger partial charge < -0.3 is 10.1 Å². The van der Waals surface area contributed by atoms with E-state index >= 15 is 0 Å². The molecule has 0 saturated heterocycles. The van der Waals surface area contributed by atoms with Crippen LogP contribution in [0.15, 0.2) is 24.3 Å². The van der Waals surface area contributed by atoms with Gasteiger partial charge in [0.15, 0.2) is 0 Å². The minimum Gasteiger partial charge on any atom is -0.374 e. The number of nitrogens with one attached hydrogen (secondary N) is 1. The molecule has 1 saturated carbocycles. The van der Waals surface area contributed by atoms with Crippen molar-refractivity contribution >= 4 is 11.6 Å². The SMILES string of the molecule is CCCNC1CCC(OCc2ccc(Cl)cc2)CC1. The van der Waals surface area contributed by atoms with Gasteiger partial charge in [-0.2, -0.15) is 0 Å². The van der Waals surface area contributed by atoms with Crippen LogP contribution >= 0.6 is 11.6 Å². The zero-order chi connectivity index (χ0) is 13.5. The summed E-state index contributed by atoms with van der Waals surface area (Å²) < 4.78 is 5.99. The van der Waals surface area contributed by atoms with E-state index in [4.69, 9.17) is 16.3 Å². The van der Waals surface area contributed by atoms with E-state index in [-0.39, 0.29) is 0 Å². The van der Waals surface area contributed by atoms with Gasteiger partial charge >= 0.3 is 0 Å². The highest BCUT2D eigenvalue weighted by Gasteiger charge is 2.20. The van der Waals surface area contributed by atoms with E-state index in [9.17, 15) is 0 Å². The molecule has 0 aliphatic heterocycles. The minimum atomic E-state index is 0.426. The minimum absolute atomic E-state index is 0.426. The molecule has 0 radical (unpaired) electrons. The normalized spacial score (nSPS) is 23.5. The Morgan fingerprint density at radius 3 is 2.47 bits per heavy atom. The van der Waals surface area contributed by atoms with E-state index in [2.05, 4.69) is 12.2 Å². The molecule has 0 heterocycles. The maximum atomic E-state index is 5.99. The van der Waals surface area contributed by atoms with Gasteiger partial charge in [-0.15, -0.1) is 0 Å². The van der Waals surface area contributed by atoms with E-state index < -0.39 is 0 Å². The van der Waals surface area contributed by atoms with Crippen LogP contribution in [0.5, 0.6) is 0 Å². The summed E-state index contributed by atoms with van der Waals surface area (Å²) in [6.45, 7) is 4.06. The van der Waals surface area contributed by atoms with Crippen molar-refractivity contribution in [3.63, 3.8) is 0 Å². The van der Waals surface area contributed by atoms with E-state index in [0.29, 0.717) is 18.8 Å². The molecule has 1 fully saturated rings. The van der Waals surface area contributed by atoms with Crippen LogP contribution in [0.25, 0.3) is 0 Å². The number of rotatable bonds is 6. The van der Waals surface area contributed by atoms with E-state index in [0.717, 1.165) is 11.6 Å². The van der Waals surface area contributed by atoms with Gasteiger partial charge in [-0.05, 0) is 56.3 Å². The summed E-state index contributed by atoms with van der Waals surface area (Å²) in [5.41, 5.74) is 1.20. The van der Waals surface area contributed by atoms with Crippen molar-refractivity contribution in [3.05, 3.63) is 34.9 Å². The topological polar surface area (TPSA) is 21.3 Å². The van der Waals surface area contributed by atoms with Crippen molar-refractivity contribution in [2.45, 2.75) is 57.8 Å². The second-order valence-electron chi connectivity index (χ2n) is 5.37. The molecule has 0 aromatic heterocycles. The third-order valence-corrected chi connectivity index (χ3v) is 4.01. The van der Waals surface area contributed by atoms with Gasteiger partial charge in [0.05, 0.1) is 12.7 Å². The maximum Gasteiger partial charge on any atom is 0.0720 e. The number of hydrogen-bond acceptors (Lipinski definition) is 2. The van der Waals surface area contributed by atoms with Crippen LogP contribution < -0.4 is 5.32 Å². The number of ether oxygens (including phenoxy) is 1. The predicted molar refractivity (Wildman–Crippen MR) is 80.6 cm³/mol. The summed E-state index contributed by atoms with van der Waals surface area (Å²) in [6.07, 6.45) is 6.48. The largest absolute Gasteiger partial charge is 0.374 e. The lowest BCUT2D eigenvalue weighted by atomic mass is 9.93. The molecule has 1 N–H and O–H groups in total. The third kappa shape index (κ3) is 5.13. The predicted octanol–water partition coefficient (Wildman–Crippen LogP) is 4.17. The van der Waals surface area contributed by atoms with Crippen LogP contribution in [0.1, 0.15) is 44.6 Å². The summed E-state index contributed by atoms with van der Waals surface area (Å²) >= 11 is 5.87. The molecular weight excluding hydrogens is 258 g/mol. The van der Waals surface area contributed by atoms with Gasteiger partial charge in [0.2, 0.25) is 0 Å². The first-order valence-corrected chi connectivity index (χ1v) is 7.75. The number of halogens is 1. The van der Waals surface area contributed by atoms with Gasteiger partial charge in [0.1, 0.15) is 0 Å². The molecular formula is C16H24ClNO. The standard InChI is InChI=1S/C16H24ClNO/c1-2-11-18-15-7-9-16(10-8-15)19-12-13-3-5-14(17)6-4-13/h3-6,15-16,18H,2,7-12H2,1H3. The molecule has 1 aliphatic rings. The highest BCUT2D eigenvalue weighted by molar-refractivity contribution is 6.30. The van der Waals surface area contributed by atoms with Crippen molar-refractivity contribution < 1.29 is 4.74 Å². The summed E-state index contributed by atoms with van der Waals surface area (Å²) in [5, 5.41) is 4.39. The van der Waals surface area contributed by atoms with Crippen LogP contribution in [0.4, 0.5) is 0 Å². The maximum absolute atomic E-state index is 5.99. The van der Waals surface area contributed by atoms with Crippen molar-refractivity contribution in [3.8, 4) is 0 Å². The van der Waals surface area contributed by atoms with Crippen LogP contribution in [0.3, 0.4) is 0 Å². The van der Waals surface area contributed by atoms with Gasteiger partial charge in [-0.1, -0.05) is 30.7 Å². The Bertz CT molecular complexity index is 358. The Labute approximate surface area is 121 Å². The summed E-state index contributed by atoms with van der Waals surface area (Å²) in [7, 11) is 0. The monoisotopic (exact) mass is 281 g/mol. The van der Waals surface area contributed by atoms with Gasteiger partial charge in [-0.3, -0.25) is 0 Å². The number of hydrogen-bond donors (Lipinski definition) is 1. The van der Waals surface area contributed by atoms with Crippen molar-refractivity contribution in [1.82, 2.24) is 5.32 Å². The first-order valence-electron chi connectivity index (χ1n) is 7.37. The first kappa shape index (κ1) is 14.8. The quantitative estimate of drug-likeness (QED) is 0.845. The molecule has 0 atom stereocenters. The van der Waals surface area contributed by atoms with Crippen LogP contribution in [0.2, 0.25) is 5.02 Å². The Balaban J connectivity index is 1.67. The second-order valence-corrected chi connectivity index (χ2v) is 5.80. The van der Waals surface area contributed by atoms with Crippen molar-refractivity contribution in [1.29, 1.82) is 0 Å². The average Bonchev–Trinajstić information content (AvgIpc) is 2.46. The van der Waals surface area contributed by atoms with Gasteiger partial charge in [0, 0.05) is 11.1 Å². The fourth-order valence-corrected chi connectivity index (χ4v) is 2.70. The Kier molecular flexibility index (Phi) is 6.15. The van der Waals surface area contributed by atoms with Crippen molar-refractivity contribution in [2.75, 3.05) is 6.54 Å². The highest BCUT2D eigenvalue weighted by Crippen LogP contribution is 2.22. The zero-order valence-corrected chi connectivity index (χ0v) is 12.5. The molecule has 0 unspecified atom stereocenters. The molecule has 0 spiro atoms. The van der Waals surface area contributed by atoms with Crippen LogP contribution in [-0.4, -0.2) is 18.7 Å². The molecule has 1 aromatic rings. The van der Waals surface area contributed by atoms with E-state index in [1.807, 2.05) is 24.3 Å². The Morgan fingerprint density at radius 2 is 1.84 bits per heavy atom. The smallest absolute Gasteiger partial charge is 0.0720 e. The summed E-state index contributed by atoms with van der Waals surface area (Å²) in [5.74, 6) is 0. The molecule has 106 valence electrons. The number of benzene rings is 1. The van der Waals surface area contributed by atoms with E-state index in [1.54, 1.807) is 0 Å². The molecule has 3 heteroatoms. The molecule has 1 aromatic carbocycles. The summed E-state index contributed by atoms with van der Waals surface area (Å²) in [6, 6.07) is 8.63. The van der Waals surface area contributed by atoms with Crippen LogP contribution in [0, 0.1) is 0 Å². The molecule has 2 nitrogen and oxygen atoms in total. The summed E-state index contributed by atoms with van der Waals surface area (Å²) in [4.78, 5) is 0. The van der Waals surface area contributed by atoms with Crippen molar-refractivity contribution in [2.24, 2.45) is 0 Å². The third-order valence-electron chi connectivity index (χ3n) is 3.76. The Morgan fingerprint density at radius 1 is 1.16 bits per heavy atom. The highest BCUT2D eigenvalue weighted by atomic mass is 35.5. The molecule has 19 heavy (non-hydrogen) atoms. The molecule has 2 rings (SSSR count). The lowest BCUT2D eigenvalue weighted by Crippen LogP contribution is -2.35. The second kappa shape index (κ2) is 7.88. The van der Waals surface area contributed by atoms with Gasteiger partial charge in [-0.25, -0.2) is 0 Å².